The van der Waals surface area contributed by atoms with E-state index in [1.54, 1.807) is 7.05 Å². The summed E-state index contributed by atoms with van der Waals surface area (Å²) < 4.78 is 38.4. The minimum Gasteiger partial charge on any atom is -0.355 e. The average Bonchev–Trinajstić information content (AvgIpc) is 2.61. The maximum atomic E-state index is 13.8. The minimum absolute atomic E-state index is 0.176. The number of fused-ring (bicyclic) bond motifs is 2. The van der Waals surface area contributed by atoms with Crippen molar-refractivity contribution in [1.29, 1.82) is 0 Å². The van der Waals surface area contributed by atoms with Gasteiger partial charge in [-0.15, -0.1) is 0 Å². The van der Waals surface area contributed by atoms with Crippen molar-refractivity contribution < 1.29 is 12.8 Å². The number of hydrogen-bond acceptors (Lipinski definition) is 4. The molecule has 2 bridgehead atoms. The van der Waals surface area contributed by atoms with Gasteiger partial charge in [0, 0.05) is 31.7 Å². The van der Waals surface area contributed by atoms with Crippen LogP contribution < -0.4 is 10.6 Å². The van der Waals surface area contributed by atoms with Crippen molar-refractivity contribution in [2.45, 2.75) is 55.1 Å². The van der Waals surface area contributed by atoms with E-state index in [0.717, 1.165) is 18.9 Å². The second kappa shape index (κ2) is 8.56. The lowest BCUT2D eigenvalue weighted by atomic mass is 9.82. The number of hydrogen-bond donors (Lipinski definition) is 2. The molecule has 2 fully saturated rings. The molecule has 8 heteroatoms. The molecule has 27 heavy (non-hydrogen) atoms. The highest BCUT2D eigenvalue weighted by Gasteiger charge is 2.36. The number of nitrogens with one attached hydrogen (secondary N) is 2. The van der Waals surface area contributed by atoms with Crippen LogP contribution >= 0.6 is 0 Å². The molecule has 0 saturated carbocycles. The molecule has 2 N–H and O–H groups in total. The van der Waals surface area contributed by atoms with Gasteiger partial charge < -0.3 is 15.5 Å². The predicted molar refractivity (Wildman–Crippen MR) is 105 cm³/mol. The van der Waals surface area contributed by atoms with Crippen molar-refractivity contribution in [3.63, 3.8) is 0 Å². The zero-order valence-electron chi connectivity index (χ0n) is 16.0. The van der Waals surface area contributed by atoms with E-state index in [-0.39, 0.29) is 17.2 Å². The summed E-state index contributed by atoms with van der Waals surface area (Å²) >= 11 is 0. The van der Waals surface area contributed by atoms with Crippen molar-refractivity contribution in [2.24, 2.45) is 4.99 Å². The molecular formula is C19H29FN4O2S. The molecule has 1 aromatic carbocycles. The van der Waals surface area contributed by atoms with Crippen LogP contribution in [0, 0.1) is 5.82 Å². The van der Waals surface area contributed by atoms with Gasteiger partial charge in [-0.1, -0.05) is 18.6 Å². The van der Waals surface area contributed by atoms with Crippen LogP contribution in [0.5, 0.6) is 0 Å². The van der Waals surface area contributed by atoms with E-state index < -0.39 is 15.7 Å². The molecule has 2 unspecified atom stereocenters. The zero-order chi connectivity index (χ0) is 19.4. The summed E-state index contributed by atoms with van der Waals surface area (Å²) in [6.07, 6.45) is 5.91. The predicted octanol–water partition coefficient (Wildman–Crippen LogP) is 1.78. The van der Waals surface area contributed by atoms with E-state index in [4.69, 9.17) is 0 Å². The molecule has 0 aliphatic carbocycles. The fourth-order valence-electron chi connectivity index (χ4n) is 4.23. The molecule has 0 amide bonds. The SMILES string of the molecule is CN=C(NCCS(=O)(=O)c1ccccc1F)NC1CC2CCCC(C1)N2C. The Kier molecular flexibility index (Phi) is 6.37. The highest BCUT2D eigenvalue weighted by molar-refractivity contribution is 7.91. The third kappa shape index (κ3) is 4.79. The quantitative estimate of drug-likeness (QED) is 0.586. The Morgan fingerprint density at radius 1 is 1.26 bits per heavy atom. The third-order valence-corrected chi connectivity index (χ3v) is 7.48. The zero-order valence-corrected chi connectivity index (χ0v) is 16.8. The number of halogens is 1. The molecule has 2 aliphatic rings. The second-order valence-corrected chi connectivity index (χ2v) is 9.54. The summed E-state index contributed by atoms with van der Waals surface area (Å²) in [6.45, 7) is 0.176. The fourth-order valence-corrected chi connectivity index (χ4v) is 5.47. The number of nitrogens with zero attached hydrogens (tertiary/aromatic N) is 2. The maximum Gasteiger partial charge on any atom is 0.191 e. The second-order valence-electron chi connectivity index (χ2n) is 7.46. The number of benzene rings is 1. The Labute approximate surface area is 161 Å². The van der Waals surface area contributed by atoms with Gasteiger partial charge in [-0.25, -0.2) is 12.8 Å². The molecule has 3 rings (SSSR count). The Bertz CT molecular complexity index is 770. The summed E-state index contributed by atoms with van der Waals surface area (Å²) in [7, 11) is 0.216. The molecule has 0 aromatic heterocycles. The van der Waals surface area contributed by atoms with Crippen LogP contribution in [0.4, 0.5) is 4.39 Å². The van der Waals surface area contributed by atoms with E-state index >= 15 is 0 Å². The van der Waals surface area contributed by atoms with Gasteiger partial charge in [-0.05, 0) is 44.9 Å². The molecule has 2 aliphatic heterocycles. The first-order valence-corrected chi connectivity index (χ1v) is 11.2. The molecule has 1 aromatic rings. The molecule has 0 radical (unpaired) electrons. The molecule has 2 saturated heterocycles. The van der Waals surface area contributed by atoms with E-state index in [0.29, 0.717) is 24.1 Å². The lowest BCUT2D eigenvalue weighted by Crippen LogP contribution is -2.56. The molecular weight excluding hydrogens is 367 g/mol. The number of guanidine groups is 1. The van der Waals surface area contributed by atoms with Gasteiger partial charge in [0.15, 0.2) is 15.8 Å². The first kappa shape index (κ1) is 20.1. The van der Waals surface area contributed by atoms with Crippen LogP contribution in [0.15, 0.2) is 34.2 Å². The smallest absolute Gasteiger partial charge is 0.191 e. The van der Waals surface area contributed by atoms with Crippen LogP contribution in [0.25, 0.3) is 0 Å². The Hall–Kier alpha value is -1.67. The molecule has 2 atom stereocenters. The third-order valence-electron chi connectivity index (χ3n) is 5.74. The van der Waals surface area contributed by atoms with E-state index in [1.165, 1.54) is 37.5 Å². The Morgan fingerprint density at radius 2 is 1.93 bits per heavy atom. The highest BCUT2D eigenvalue weighted by Crippen LogP contribution is 2.32. The number of aliphatic imine (C=N–C) groups is 1. The standard InChI is InChI=1S/C19H29FN4O2S/c1-21-19(23-14-12-15-6-5-7-16(13-14)24(15)2)22-10-11-27(25,26)18-9-4-3-8-17(18)20/h3-4,8-9,14-16H,5-7,10-13H2,1-2H3,(H2,21,22,23). The Balaban J connectivity index is 1.52. The van der Waals surface area contributed by atoms with Gasteiger partial charge in [-0.2, -0.15) is 0 Å². The summed E-state index contributed by atoms with van der Waals surface area (Å²) in [4.78, 5) is 6.46. The molecule has 6 nitrogen and oxygen atoms in total. The summed E-state index contributed by atoms with van der Waals surface area (Å²) in [6, 6.07) is 7.03. The first-order valence-electron chi connectivity index (χ1n) is 9.57. The van der Waals surface area contributed by atoms with Gasteiger partial charge >= 0.3 is 0 Å². The molecule has 150 valence electrons. The molecule has 2 heterocycles. The Morgan fingerprint density at radius 3 is 2.56 bits per heavy atom. The van der Waals surface area contributed by atoms with Crippen LogP contribution in [0.3, 0.4) is 0 Å². The van der Waals surface area contributed by atoms with E-state index in [9.17, 15) is 12.8 Å². The lowest BCUT2D eigenvalue weighted by Gasteiger charge is -2.47. The molecule has 0 spiro atoms. The van der Waals surface area contributed by atoms with Crippen LogP contribution in [0.1, 0.15) is 32.1 Å². The van der Waals surface area contributed by atoms with E-state index in [2.05, 4.69) is 27.6 Å². The van der Waals surface area contributed by atoms with Crippen molar-refractivity contribution >= 4 is 15.8 Å². The van der Waals surface area contributed by atoms with Gasteiger partial charge in [0.2, 0.25) is 0 Å². The van der Waals surface area contributed by atoms with E-state index in [1.807, 2.05) is 0 Å². The largest absolute Gasteiger partial charge is 0.355 e. The highest BCUT2D eigenvalue weighted by atomic mass is 32.2. The number of rotatable bonds is 5. The van der Waals surface area contributed by atoms with Gasteiger partial charge in [-0.3, -0.25) is 4.99 Å². The lowest BCUT2D eigenvalue weighted by molar-refractivity contribution is 0.0526. The van der Waals surface area contributed by atoms with Crippen molar-refractivity contribution in [1.82, 2.24) is 15.5 Å². The monoisotopic (exact) mass is 396 g/mol. The normalized spacial score (nSPS) is 26.6. The van der Waals surface area contributed by atoms with Gasteiger partial charge in [0.1, 0.15) is 10.7 Å². The summed E-state index contributed by atoms with van der Waals surface area (Å²) in [5, 5.41) is 6.50. The van der Waals surface area contributed by atoms with Crippen LogP contribution in [-0.4, -0.2) is 63.8 Å². The minimum atomic E-state index is -3.67. The number of piperidine rings is 2. The number of sulfone groups is 1. The fraction of sp³-hybridized carbons (Fsp3) is 0.632. The van der Waals surface area contributed by atoms with Crippen LogP contribution in [-0.2, 0) is 9.84 Å². The average molecular weight is 397 g/mol. The van der Waals surface area contributed by atoms with Gasteiger partial charge in [0.25, 0.3) is 0 Å². The van der Waals surface area contributed by atoms with Crippen molar-refractivity contribution in [3.8, 4) is 0 Å². The first-order chi connectivity index (χ1) is 12.9. The topological polar surface area (TPSA) is 73.8 Å². The van der Waals surface area contributed by atoms with Crippen molar-refractivity contribution in [2.75, 3.05) is 26.4 Å². The van der Waals surface area contributed by atoms with Crippen LogP contribution in [0.2, 0.25) is 0 Å². The maximum absolute atomic E-state index is 13.8. The summed E-state index contributed by atoms with van der Waals surface area (Å²) in [5.41, 5.74) is 0. The van der Waals surface area contributed by atoms with Crippen molar-refractivity contribution in [3.05, 3.63) is 30.1 Å². The van der Waals surface area contributed by atoms with Gasteiger partial charge in [0.05, 0.1) is 5.75 Å². The summed E-state index contributed by atoms with van der Waals surface area (Å²) in [5.74, 6) is -0.294.